The Kier molecular flexibility index (Phi) is 5.37. The molecule has 1 rings (SSSR count). The first-order valence-corrected chi connectivity index (χ1v) is 6.55. The van der Waals surface area contributed by atoms with Crippen molar-refractivity contribution >= 4 is 11.6 Å². The highest BCUT2D eigenvalue weighted by atomic mass is 16.2. The lowest BCUT2D eigenvalue weighted by Crippen LogP contribution is -2.41. The minimum Gasteiger partial charge on any atom is -0.374 e. The minimum atomic E-state index is -0.332. The number of benzene rings is 1. The van der Waals surface area contributed by atoms with Crippen molar-refractivity contribution in [3.63, 3.8) is 0 Å². The Hall–Kier alpha value is -2.02. The van der Waals surface area contributed by atoms with Crippen molar-refractivity contribution in [1.29, 1.82) is 5.26 Å². The first-order valence-electron chi connectivity index (χ1n) is 6.55. The zero-order valence-corrected chi connectivity index (χ0v) is 11.9. The summed E-state index contributed by atoms with van der Waals surface area (Å²) in [6, 6.07) is 7.35. The highest BCUT2D eigenvalue weighted by Gasteiger charge is 2.15. The van der Waals surface area contributed by atoms with Gasteiger partial charge in [0.05, 0.1) is 11.6 Å². The van der Waals surface area contributed by atoms with Crippen LogP contribution in [0.5, 0.6) is 0 Å². The van der Waals surface area contributed by atoms with Crippen molar-refractivity contribution in [2.75, 3.05) is 5.32 Å². The van der Waals surface area contributed by atoms with Gasteiger partial charge >= 0.3 is 0 Å². The molecule has 102 valence electrons. The van der Waals surface area contributed by atoms with Crippen LogP contribution in [0.3, 0.4) is 0 Å². The van der Waals surface area contributed by atoms with E-state index in [4.69, 9.17) is 5.26 Å². The van der Waals surface area contributed by atoms with Gasteiger partial charge in [-0.15, -0.1) is 0 Å². The Morgan fingerprint density at radius 1 is 1.42 bits per heavy atom. The molecule has 2 N–H and O–H groups in total. The van der Waals surface area contributed by atoms with Gasteiger partial charge in [-0.25, -0.2) is 0 Å². The number of rotatable bonds is 5. The monoisotopic (exact) mass is 259 g/mol. The summed E-state index contributed by atoms with van der Waals surface area (Å²) in [4.78, 5) is 11.9. The summed E-state index contributed by atoms with van der Waals surface area (Å²) in [7, 11) is 0. The first-order chi connectivity index (χ1) is 8.97. The molecule has 1 aromatic rings. The molecule has 0 bridgehead atoms. The van der Waals surface area contributed by atoms with Crippen molar-refractivity contribution in [2.24, 2.45) is 0 Å². The van der Waals surface area contributed by atoms with Crippen LogP contribution >= 0.6 is 0 Å². The average Bonchev–Trinajstić information content (AvgIpc) is 2.40. The topological polar surface area (TPSA) is 64.9 Å². The van der Waals surface area contributed by atoms with E-state index in [9.17, 15) is 4.79 Å². The molecule has 0 saturated heterocycles. The van der Waals surface area contributed by atoms with Crippen LogP contribution in [0.2, 0.25) is 0 Å². The Labute approximate surface area is 114 Å². The third-order valence-electron chi connectivity index (χ3n) is 3.13. The number of nitrogens with zero attached hydrogens (tertiary/aromatic N) is 1. The van der Waals surface area contributed by atoms with Gasteiger partial charge in [-0.05, 0) is 44.9 Å². The van der Waals surface area contributed by atoms with Crippen LogP contribution < -0.4 is 10.6 Å². The lowest BCUT2D eigenvalue weighted by atomic mass is 10.1. The molecule has 1 aromatic carbocycles. The van der Waals surface area contributed by atoms with E-state index in [1.807, 2.05) is 33.8 Å². The number of nitriles is 1. The molecule has 1 amide bonds. The van der Waals surface area contributed by atoms with E-state index in [1.165, 1.54) is 0 Å². The van der Waals surface area contributed by atoms with E-state index in [0.29, 0.717) is 5.56 Å². The van der Waals surface area contributed by atoms with Gasteiger partial charge in [-0.2, -0.15) is 5.26 Å². The smallest absolute Gasteiger partial charge is 0.242 e. The fourth-order valence-electron chi connectivity index (χ4n) is 1.62. The van der Waals surface area contributed by atoms with Gasteiger partial charge < -0.3 is 10.6 Å². The normalized spacial score (nSPS) is 13.2. The van der Waals surface area contributed by atoms with Crippen LogP contribution in [-0.2, 0) is 4.79 Å². The summed E-state index contributed by atoms with van der Waals surface area (Å²) in [6.07, 6.45) is 0.904. The number of hydrogen-bond donors (Lipinski definition) is 2. The average molecular weight is 259 g/mol. The summed E-state index contributed by atoms with van der Waals surface area (Å²) in [6.45, 7) is 7.77. The van der Waals surface area contributed by atoms with Gasteiger partial charge in [0, 0.05) is 11.7 Å². The number of hydrogen-bond acceptors (Lipinski definition) is 3. The Morgan fingerprint density at radius 2 is 2.11 bits per heavy atom. The Morgan fingerprint density at radius 3 is 2.68 bits per heavy atom. The van der Waals surface area contributed by atoms with Crippen LogP contribution in [0.25, 0.3) is 0 Å². The van der Waals surface area contributed by atoms with Crippen molar-refractivity contribution in [2.45, 2.75) is 46.2 Å². The minimum absolute atomic E-state index is 0.0314. The van der Waals surface area contributed by atoms with E-state index in [2.05, 4.69) is 16.7 Å². The van der Waals surface area contributed by atoms with Crippen LogP contribution in [-0.4, -0.2) is 18.0 Å². The van der Waals surface area contributed by atoms with Crippen LogP contribution in [0.1, 0.15) is 38.3 Å². The maximum absolute atomic E-state index is 11.9. The van der Waals surface area contributed by atoms with Gasteiger partial charge in [0.25, 0.3) is 0 Å². The van der Waals surface area contributed by atoms with Crippen molar-refractivity contribution in [3.05, 3.63) is 29.3 Å². The maximum atomic E-state index is 11.9. The number of amides is 1. The zero-order chi connectivity index (χ0) is 14.4. The zero-order valence-electron chi connectivity index (χ0n) is 11.9. The predicted molar refractivity (Wildman–Crippen MR) is 76.9 cm³/mol. The molecule has 19 heavy (non-hydrogen) atoms. The SMILES string of the molecule is CCC(C)NC(=O)C(C)Nc1cc(C#N)ccc1C. The maximum Gasteiger partial charge on any atom is 0.242 e. The van der Waals surface area contributed by atoms with Gasteiger partial charge in [-0.1, -0.05) is 13.0 Å². The third kappa shape index (κ3) is 4.29. The summed E-state index contributed by atoms with van der Waals surface area (Å²) >= 11 is 0. The standard InChI is InChI=1S/C15H21N3O/c1-5-11(3)17-15(19)12(4)18-14-8-13(9-16)7-6-10(14)2/h6-8,11-12,18H,5H2,1-4H3,(H,17,19). The number of nitrogens with one attached hydrogen (secondary N) is 2. The third-order valence-corrected chi connectivity index (χ3v) is 3.13. The number of anilines is 1. The molecule has 0 saturated carbocycles. The highest BCUT2D eigenvalue weighted by Crippen LogP contribution is 2.17. The molecule has 4 heteroatoms. The largest absolute Gasteiger partial charge is 0.374 e. The molecule has 0 aromatic heterocycles. The lowest BCUT2D eigenvalue weighted by Gasteiger charge is -2.19. The summed E-state index contributed by atoms with van der Waals surface area (Å²) in [5, 5.41) is 15.0. The summed E-state index contributed by atoms with van der Waals surface area (Å²) < 4.78 is 0. The van der Waals surface area contributed by atoms with Crippen molar-refractivity contribution in [3.8, 4) is 6.07 Å². The highest BCUT2D eigenvalue weighted by molar-refractivity contribution is 5.84. The van der Waals surface area contributed by atoms with Crippen LogP contribution in [0.4, 0.5) is 5.69 Å². The van der Waals surface area contributed by atoms with Gasteiger partial charge in [-0.3, -0.25) is 4.79 Å². The first kappa shape index (κ1) is 15.0. The van der Waals surface area contributed by atoms with Crippen LogP contribution in [0.15, 0.2) is 18.2 Å². The van der Waals surface area contributed by atoms with E-state index >= 15 is 0 Å². The molecule has 4 nitrogen and oxygen atoms in total. The van der Waals surface area contributed by atoms with E-state index in [0.717, 1.165) is 17.7 Å². The number of aryl methyl sites for hydroxylation is 1. The molecule has 0 aliphatic rings. The molecular weight excluding hydrogens is 238 g/mol. The number of carbonyl (C=O) groups excluding carboxylic acids is 1. The lowest BCUT2D eigenvalue weighted by molar-refractivity contribution is -0.122. The molecular formula is C15H21N3O. The second-order valence-electron chi connectivity index (χ2n) is 4.83. The second kappa shape index (κ2) is 6.79. The molecule has 2 atom stereocenters. The van der Waals surface area contributed by atoms with Crippen molar-refractivity contribution < 1.29 is 4.79 Å². The molecule has 0 heterocycles. The summed E-state index contributed by atoms with van der Waals surface area (Å²) in [5.74, 6) is -0.0314. The van der Waals surface area contributed by atoms with Gasteiger partial charge in [0.1, 0.15) is 6.04 Å². The molecule has 0 spiro atoms. The predicted octanol–water partition coefficient (Wildman–Crippen LogP) is 2.58. The second-order valence-corrected chi connectivity index (χ2v) is 4.83. The summed E-state index contributed by atoms with van der Waals surface area (Å²) in [5.41, 5.74) is 2.43. The van der Waals surface area contributed by atoms with E-state index in [1.54, 1.807) is 12.1 Å². The van der Waals surface area contributed by atoms with Gasteiger partial charge in [0.15, 0.2) is 0 Å². The fraction of sp³-hybridized carbons (Fsp3) is 0.467. The Bertz CT molecular complexity index is 491. The van der Waals surface area contributed by atoms with Crippen molar-refractivity contribution in [1.82, 2.24) is 5.32 Å². The Balaban J connectivity index is 2.74. The van der Waals surface area contributed by atoms with E-state index < -0.39 is 0 Å². The molecule has 0 radical (unpaired) electrons. The van der Waals surface area contributed by atoms with Gasteiger partial charge in [0.2, 0.25) is 5.91 Å². The molecule has 0 aliphatic heterocycles. The fourth-order valence-corrected chi connectivity index (χ4v) is 1.62. The number of carbonyl (C=O) groups is 1. The molecule has 0 aliphatic carbocycles. The molecule has 2 unspecified atom stereocenters. The van der Waals surface area contributed by atoms with E-state index in [-0.39, 0.29) is 18.0 Å². The quantitative estimate of drug-likeness (QED) is 0.854. The van der Waals surface area contributed by atoms with Crippen LogP contribution in [0, 0.1) is 18.3 Å². The molecule has 0 fully saturated rings.